The van der Waals surface area contributed by atoms with Gasteiger partial charge in [-0.3, -0.25) is 4.68 Å². The summed E-state index contributed by atoms with van der Waals surface area (Å²) in [4.78, 5) is 2.05. The van der Waals surface area contributed by atoms with Gasteiger partial charge in [-0.1, -0.05) is 18.2 Å². The van der Waals surface area contributed by atoms with E-state index in [1.54, 1.807) is 22.9 Å². The smallest absolute Gasteiger partial charge is 0.422 e. The summed E-state index contributed by atoms with van der Waals surface area (Å²) in [6.45, 7) is -0.0885. The number of aromatic nitrogens is 2. The van der Waals surface area contributed by atoms with Gasteiger partial charge >= 0.3 is 6.18 Å². The van der Waals surface area contributed by atoms with E-state index in [-0.39, 0.29) is 5.56 Å². The Morgan fingerprint density at radius 1 is 1.17 bits per heavy atom. The largest absolute Gasteiger partial charge is 0.480 e. The Kier molecular flexibility index (Phi) is 5.97. The molecule has 0 spiro atoms. The van der Waals surface area contributed by atoms with E-state index in [4.69, 9.17) is 10.5 Å². The van der Waals surface area contributed by atoms with Gasteiger partial charge in [0.1, 0.15) is 0 Å². The summed E-state index contributed by atoms with van der Waals surface area (Å²) in [7, 11) is 3.94. The van der Waals surface area contributed by atoms with Crippen LogP contribution in [0.2, 0.25) is 0 Å². The molecule has 0 aliphatic rings. The van der Waals surface area contributed by atoms with Crippen LogP contribution in [0.4, 0.5) is 23.4 Å². The van der Waals surface area contributed by atoms with Gasteiger partial charge in [0.05, 0.1) is 5.52 Å². The van der Waals surface area contributed by atoms with Gasteiger partial charge in [-0.05, 0) is 50.8 Å². The van der Waals surface area contributed by atoms with Gasteiger partial charge in [0, 0.05) is 17.5 Å². The summed E-state index contributed by atoms with van der Waals surface area (Å²) in [6, 6.07) is 9.15. The van der Waals surface area contributed by atoms with E-state index in [0.717, 1.165) is 29.9 Å². The Balaban J connectivity index is 1.99. The fourth-order valence-electron chi connectivity index (χ4n) is 3.11. The molecule has 156 valence electrons. The molecule has 0 amide bonds. The SMILES string of the molecule is CN(C)CCCn1nc(N)c2ccc(-c3cccc(F)c3OCC(F)(F)F)cc21. The number of nitrogens with zero attached hydrogens (tertiary/aromatic N) is 3. The molecule has 2 N–H and O–H groups in total. The maximum Gasteiger partial charge on any atom is 0.422 e. The second kappa shape index (κ2) is 8.28. The van der Waals surface area contributed by atoms with Gasteiger partial charge in [-0.15, -0.1) is 0 Å². The highest BCUT2D eigenvalue weighted by molar-refractivity contribution is 5.92. The van der Waals surface area contributed by atoms with Crippen LogP contribution in [-0.4, -0.2) is 48.1 Å². The van der Waals surface area contributed by atoms with Gasteiger partial charge in [0.15, 0.2) is 24.0 Å². The number of nitrogens with two attached hydrogens (primary N) is 1. The van der Waals surface area contributed by atoms with Crippen molar-refractivity contribution < 1.29 is 22.3 Å². The number of benzene rings is 2. The zero-order valence-corrected chi connectivity index (χ0v) is 16.1. The molecule has 0 aliphatic carbocycles. The van der Waals surface area contributed by atoms with E-state index >= 15 is 0 Å². The number of fused-ring (bicyclic) bond motifs is 1. The van der Waals surface area contributed by atoms with Gasteiger partial charge in [-0.25, -0.2) is 4.39 Å². The van der Waals surface area contributed by atoms with Crippen molar-refractivity contribution >= 4 is 16.7 Å². The average molecular weight is 410 g/mol. The van der Waals surface area contributed by atoms with Gasteiger partial charge in [0.25, 0.3) is 0 Å². The predicted octanol–water partition coefficient (Wildman–Crippen LogP) is 4.32. The molecule has 5 nitrogen and oxygen atoms in total. The van der Waals surface area contributed by atoms with Crippen molar-refractivity contribution in [3.8, 4) is 16.9 Å². The molecule has 0 aliphatic heterocycles. The lowest BCUT2D eigenvalue weighted by atomic mass is 10.0. The van der Waals surface area contributed by atoms with Crippen molar-refractivity contribution in [2.45, 2.75) is 19.1 Å². The summed E-state index contributed by atoms with van der Waals surface area (Å²) in [6.07, 6.45) is -3.73. The predicted molar refractivity (Wildman–Crippen MR) is 104 cm³/mol. The van der Waals surface area contributed by atoms with E-state index in [9.17, 15) is 17.6 Å². The second-order valence-electron chi connectivity index (χ2n) is 7.02. The van der Waals surface area contributed by atoms with Crippen LogP contribution < -0.4 is 10.5 Å². The topological polar surface area (TPSA) is 56.3 Å². The minimum atomic E-state index is -4.57. The molecule has 0 unspecified atom stereocenters. The molecular weight excluding hydrogens is 388 g/mol. The number of para-hydroxylation sites is 1. The minimum absolute atomic E-state index is 0.232. The molecule has 0 saturated carbocycles. The van der Waals surface area contributed by atoms with Crippen LogP contribution in [0.5, 0.6) is 5.75 Å². The summed E-state index contributed by atoms with van der Waals surface area (Å²) >= 11 is 0. The summed E-state index contributed by atoms with van der Waals surface area (Å²) in [5, 5.41) is 5.08. The Morgan fingerprint density at radius 2 is 1.93 bits per heavy atom. The second-order valence-corrected chi connectivity index (χ2v) is 7.02. The number of hydrogen-bond donors (Lipinski definition) is 1. The van der Waals surface area contributed by atoms with Gasteiger partial charge < -0.3 is 15.4 Å². The van der Waals surface area contributed by atoms with E-state index in [1.807, 2.05) is 14.1 Å². The van der Waals surface area contributed by atoms with Crippen LogP contribution in [0.25, 0.3) is 22.0 Å². The third kappa shape index (κ3) is 4.97. The van der Waals surface area contributed by atoms with E-state index < -0.39 is 24.3 Å². The molecule has 2 aromatic carbocycles. The lowest BCUT2D eigenvalue weighted by Gasteiger charge is -2.14. The molecule has 1 heterocycles. The number of ether oxygens (including phenoxy) is 1. The molecule has 3 aromatic rings. The lowest BCUT2D eigenvalue weighted by Crippen LogP contribution is -2.20. The van der Waals surface area contributed by atoms with Crippen molar-refractivity contribution in [2.24, 2.45) is 0 Å². The number of nitrogen functional groups attached to an aromatic ring is 1. The quantitative estimate of drug-likeness (QED) is 0.590. The first-order valence-electron chi connectivity index (χ1n) is 9.05. The van der Waals surface area contributed by atoms with Gasteiger partial charge in [0.2, 0.25) is 0 Å². The third-order valence-electron chi connectivity index (χ3n) is 4.41. The number of halogens is 4. The molecule has 3 rings (SSSR count). The Bertz CT molecular complexity index is 998. The Labute approximate surface area is 165 Å². The molecular formula is C20H22F4N4O. The molecule has 0 saturated heterocycles. The summed E-state index contributed by atoms with van der Waals surface area (Å²) < 4.78 is 58.5. The third-order valence-corrected chi connectivity index (χ3v) is 4.41. The van der Waals surface area contributed by atoms with E-state index in [2.05, 4.69) is 10.00 Å². The molecule has 1 aromatic heterocycles. The fraction of sp³-hybridized carbons (Fsp3) is 0.350. The Hall–Kier alpha value is -2.81. The van der Waals surface area contributed by atoms with Crippen molar-refractivity contribution in [1.29, 1.82) is 0 Å². The normalized spacial score (nSPS) is 12.1. The molecule has 0 atom stereocenters. The fourth-order valence-corrected chi connectivity index (χ4v) is 3.11. The van der Waals surface area contributed by atoms with Crippen LogP contribution in [-0.2, 0) is 6.54 Å². The van der Waals surface area contributed by atoms with Gasteiger partial charge in [-0.2, -0.15) is 18.3 Å². The van der Waals surface area contributed by atoms with Crippen molar-refractivity contribution in [3.63, 3.8) is 0 Å². The van der Waals surface area contributed by atoms with Crippen LogP contribution in [0.3, 0.4) is 0 Å². The maximum atomic E-state index is 14.2. The van der Waals surface area contributed by atoms with Crippen LogP contribution in [0.15, 0.2) is 36.4 Å². The number of alkyl halides is 3. The first-order valence-corrected chi connectivity index (χ1v) is 9.05. The average Bonchev–Trinajstić information content (AvgIpc) is 2.95. The number of rotatable bonds is 7. The molecule has 0 bridgehead atoms. The number of aryl methyl sites for hydroxylation is 1. The monoisotopic (exact) mass is 410 g/mol. The highest BCUT2D eigenvalue weighted by Gasteiger charge is 2.29. The van der Waals surface area contributed by atoms with E-state index in [0.29, 0.717) is 17.9 Å². The molecule has 0 radical (unpaired) electrons. The molecule has 29 heavy (non-hydrogen) atoms. The Morgan fingerprint density at radius 3 is 2.62 bits per heavy atom. The zero-order valence-electron chi connectivity index (χ0n) is 16.1. The molecule has 0 fully saturated rings. The summed E-state index contributed by atoms with van der Waals surface area (Å²) in [5.41, 5.74) is 7.47. The van der Waals surface area contributed by atoms with Crippen molar-refractivity contribution in [1.82, 2.24) is 14.7 Å². The number of anilines is 1. The standard InChI is InChI=1S/C20H22F4N4O/c1-27(2)9-4-10-28-17-11-13(7-8-15(17)19(25)26-28)14-5-3-6-16(21)18(14)29-12-20(22,23)24/h3,5-8,11H,4,9-10,12H2,1-2H3,(H2,25,26). The number of hydrogen-bond acceptors (Lipinski definition) is 4. The van der Waals surface area contributed by atoms with Crippen LogP contribution in [0.1, 0.15) is 6.42 Å². The van der Waals surface area contributed by atoms with Crippen LogP contribution in [0, 0.1) is 5.82 Å². The first-order chi connectivity index (χ1) is 13.7. The van der Waals surface area contributed by atoms with E-state index in [1.165, 1.54) is 12.1 Å². The lowest BCUT2D eigenvalue weighted by molar-refractivity contribution is -0.153. The summed E-state index contributed by atoms with van der Waals surface area (Å²) in [5.74, 6) is -0.925. The molecule has 9 heteroatoms. The first kappa shape index (κ1) is 20.9. The highest BCUT2D eigenvalue weighted by Crippen LogP contribution is 2.36. The van der Waals surface area contributed by atoms with Crippen LogP contribution >= 0.6 is 0 Å². The maximum absolute atomic E-state index is 14.2. The minimum Gasteiger partial charge on any atom is -0.480 e. The van der Waals surface area contributed by atoms with Crippen molar-refractivity contribution in [3.05, 3.63) is 42.2 Å². The zero-order chi connectivity index (χ0) is 21.2. The highest BCUT2D eigenvalue weighted by atomic mass is 19.4. The van der Waals surface area contributed by atoms with Crippen molar-refractivity contribution in [2.75, 3.05) is 33.0 Å².